The molecule has 0 aromatic rings. The monoisotopic (exact) mass is 473 g/mol. The van der Waals surface area contributed by atoms with E-state index in [9.17, 15) is 22.8 Å². The second-order valence-electron chi connectivity index (χ2n) is 8.42. The summed E-state index contributed by atoms with van der Waals surface area (Å²) >= 11 is 0. The van der Waals surface area contributed by atoms with E-state index in [0.29, 0.717) is 45.3 Å². The van der Waals surface area contributed by atoms with Gasteiger partial charge in [0.25, 0.3) is 10.2 Å². The summed E-state index contributed by atoms with van der Waals surface area (Å²) < 4.78 is 34.0. The summed E-state index contributed by atoms with van der Waals surface area (Å²) in [6, 6.07) is 0. The van der Waals surface area contributed by atoms with Crippen LogP contribution in [-0.2, 0) is 24.5 Å². The zero-order valence-corrected chi connectivity index (χ0v) is 19.6. The maximum Gasteiger partial charge on any atom is 0.409 e. The largest absolute Gasteiger partial charge is 0.450 e. The summed E-state index contributed by atoms with van der Waals surface area (Å²) in [4.78, 5) is 39.4. The van der Waals surface area contributed by atoms with Gasteiger partial charge in [0.15, 0.2) is 0 Å². The van der Waals surface area contributed by atoms with Crippen LogP contribution in [-0.4, -0.2) is 110 Å². The normalized spacial score (nSPS) is 23.4. The zero-order valence-electron chi connectivity index (χ0n) is 18.8. The molecule has 3 fully saturated rings. The second-order valence-corrected chi connectivity index (χ2v) is 10.3. The molecule has 0 radical (unpaired) electrons. The van der Waals surface area contributed by atoms with Crippen molar-refractivity contribution in [2.24, 2.45) is 5.92 Å². The van der Waals surface area contributed by atoms with Gasteiger partial charge in [0.2, 0.25) is 11.8 Å². The molecule has 0 spiro atoms. The topological polar surface area (TPSA) is 120 Å². The third-order valence-corrected chi connectivity index (χ3v) is 8.25. The molecule has 0 aromatic carbocycles. The third kappa shape index (κ3) is 6.10. The molecule has 0 saturated carbocycles. The van der Waals surface area contributed by atoms with Crippen LogP contribution in [0.25, 0.3) is 0 Å². The molecule has 0 bridgehead atoms. The predicted molar refractivity (Wildman–Crippen MR) is 117 cm³/mol. The summed E-state index contributed by atoms with van der Waals surface area (Å²) in [7, 11) is -3.69. The first-order valence-corrected chi connectivity index (χ1v) is 12.9. The molecular formula is C20H35N5O6S. The number of piperidine rings is 1. The minimum absolute atomic E-state index is 0.134. The highest BCUT2D eigenvalue weighted by atomic mass is 32.2. The molecular weight excluding hydrogens is 438 g/mol. The van der Waals surface area contributed by atoms with Crippen molar-refractivity contribution in [3.8, 4) is 0 Å². The number of nitrogens with one attached hydrogen (secondary N) is 1. The first kappa shape index (κ1) is 24.7. The fourth-order valence-corrected chi connectivity index (χ4v) is 6.09. The molecule has 1 N–H and O–H groups in total. The highest BCUT2D eigenvalue weighted by Gasteiger charge is 2.37. The van der Waals surface area contributed by atoms with Crippen LogP contribution in [0.1, 0.15) is 39.0 Å². The first-order valence-electron chi connectivity index (χ1n) is 11.6. The highest BCUT2D eigenvalue weighted by molar-refractivity contribution is 7.86. The summed E-state index contributed by atoms with van der Waals surface area (Å²) in [5, 5.41) is 2.90. The number of carbonyl (C=O) groups excluding carboxylic acids is 3. The first-order chi connectivity index (χ1) is 15.3. The van der Waals surface area contributed by atoms with Gasteiger partial charge >= 0.3 is 6.09 Å². The number of carbonyl (C=O) groups is 3. The minimum atomic E-state index is -3.69. The van der Waals surface area contributed by atoms with Gasteiger partial charge in [-0.25, -0.2) is 4.79 Å². The third-order valence-electron chi connectivity index (χ3n) is 6.25. The average molecular weight is 474 g/mol. The number of amides is 3. The lowest BCUT2D eigenvalue weighted by molar-refractivity contribution is -0.127. The van der Waals surface area contributed by atoms with Crippen LogP contribution in [0.2, 0.25) is 0 Å². The lowest BCUT2D eigenvalue weighted by Gasteiger charge is -2.38. The molecule has 32 heavy (non-hydrogen) atoms. The Balaban J connectivity index is 1.44. The van der Waals surface area contributed by atoms with Crippen molar-refractivity contribution in [1.29, 1.82) is 0 Å². The lowest BCUT2D eigenvalue weighted by atomic mass is 9.99. The van der Waals surface area contributed by atoms with Crippen molar-refractivity contribution in [2.75, 3.05) is 65.5 Å². The van der Waals surface area contributed by atoms with Crippen LogP contribution < -0.4 is 5.32 Å². The van der Waals surface area contributed by atoms with Crippen LogP contribution >= 0.6 is 0 Å². The molecule has 1 atom stereocenters. The Hall–Kier alpha value is -1.92. The smallest absolute Gasteiger partial charge is 0.409 e. The van der Waals surface area contributed by atoms with Crippen molar-refractivity contribution >= 4 is 28.1 Å². The Bertz CT molecular complexity index is 783. The van der Waals surface area contributed by atoms with Crippen LogP contribution in [0.3, 0.4) is 0 Å². The Labute approximate surface area is 190 Å². The van der Waals surface area contributed by atoms with E-state index in [-0.39, 0.29) is 57.1 Å². The fourth-order valence-electron chi connectivity index (χ4n) is 4.41. The number of likely N-dealkylation sites (tertiary alicyclic amines) is 1. The van der Waals surface area contributed by atoms with E-state index in [1.165, 1.54) is 13.5 Å². The summed E-state index contributed by atoms with van der Waals surface area (Å²) in [6.45, 7) is 5.47. The Morgan fingerprint density at radius 2 is 1.81 bits per heavy atom. The number of ether oxygens (including phenoxy) is 1. The van der Waals surface area contributed by atoms with Crippen molar-refractivity contribution in [3.63, 3.8) is 0 Å². The van der Waals surface area contributed by atoms with Crippen LogP contribution in [0.4, 0.5) is 4.79 Å². The second kappa shape index (κ2) is 11.3. The van der Waals surface area contributed by atoms with Gasteiger partial charge in [0.1, 0.15) is 0 Å². The molecule has 12 heteroatoms. The molecule has 3 amide bonds. The maximum absolute atomic E-state index is 13.1. The van der Waals surface area contributed by atoms with Crippen LogP contribution in [0, 0.1) is 5.92 Å². The van der Waals surface area contributed by atoms with E-state index in [1.807, 2.05) is 4.90 Å². The molecule has 3 aliphatic heterocycles. The van der Waals surface area contributed by atoms with Gasteiger partial charge in [0.05, 0.1) is 12.5 Å². The van der Waals surface area contributed by atoms with E-state index in [1.54, 1.807) is 6.92 Å². The Morgan fingerprint density at radius 1 is 1.06 bits per heavy atom. The molecule has 0 unspecified atom stereocenters. The summed E-state index contributed by atoms with van der Waals surface area (Å²) in [6.07, 6.45) is 3.05. The number of hydrogen-bond acceptors (Lipinski definition) is 6. The van der Waals surface area contributed by atoms with E-state index in [4.69, 9.17) is 4.74 Å². The molecule has 3 rings (SSSR count). The van der Waals surface area contributed by atoms with Gasteiger partial charge in [-0.05, 0) is 32.6 Å². The molecule has 11 nitrogen and oxygen atoms in total. The molecule has 182 valence electrons. The van der Waals surface area contributed by atoms with Gasteiger partial charge in [-0.3, -0.25) is 9.59 Å². The van der Waals surface area contributed by atoms with Gasteiger partial charge < -0.3 is 19.9 Å². The highest BCUT2D eigenvalue weighted by Crippen LogP contribution is 2.22. The van der Waals surface area contributed by atoms with Gasteiger partial charge in [-0.2, -0.15) is 17.0 Å². The van der Waals surface area contributed by atoms with E-state index in [0.717, 1.165) is 13.0 Å². The number of hydrogen-bond donors (Lipinski definition) is 1. The zero-order chi connectivity index (χ0) is 23.1. The number of rotatable bonds is 8. The number of nitrogens with zero attached hydrogens (tertiary/aromatic N) is 4. The number of piperazine rings is 1. The lowest BCUT2D eigenvalue weighted by Crippen LogP contribution is -2.56. The van der Waals surface area contributed by atoms with Crippen molar-refractivity contribution in [1.82, 2.24) is 23.7 Å². The Kier molecular flexibility index (Phi) is 8.72. The van der Waals surface area contributed by atoms with E-state index >= 15 is 0 Å². The van der Waals surface area contributed by atoms with Gasteiger partial charge in [-0.1, -0.05) is 0 Å². The average Bonchev–Trinajstić information content (AvgIpc) is 3.21. The van der Waals surface area contributed by atoms with Crippen molar-refractivity contribution < 1.29 is 27.5 Å². The SMILES string of the molecule is CCOC(=O)N1CCN(S(=O)(=O)N2CCC[C@H](C(=O)NCCCN3CCCC3=O)C2)CC1. The minimum Gasteiger partial charge on any atom is -0.450 e. The van der Waals surface area contributed by atoms with Crippen molar-refractivity contribution in [3.05, 3.63) is 0 Å². The van der Waals surface area contributed by atoms with Gasteiger partial charge in [0, 0.05) is 65.3 Å². The van der Waals surface area contributed by atoms with Gasteiger partial charge in [-0.15, -0.1) is 0 Å². The molecule has 3 heterocycles. The molecule has 3 saturated heterocycles. The van der Waals surface area contributed by atoms with E-state index in [2.05, 4.69) is 5.32 Å². The van der Waals surface area contributed by atoms with Crippen molar-refractivity contribution in [2.45, 2.75) is 39.0 Å². The quantitative estimate of drug-likeness (QED) is 0.490. The summed E-state index contributed by atoms with van der Waals surface area (Å²) in [5.74, 6) is -0.343. The fraction of sp³-hybridized carbons (Fsp3) is 0.850. The standard InChI is InChI=1S/C20H35N5O6S/c1-2-31-20(28)23-12-14-24(15-13-23)32(29,30)25-11-3-6-17(16-25)19(27)21-8-5-10-22-9-4-7-18(22)26/h17H,2-16H2,1H3,(H,21,27)/t17-/m0/s1. The summed E-state index contributed by atoms with van der Waals surface area (Å²) in [5.41, 5.74) is 0. The molecule has 0 aromatic heterocycles. The molecule has 0 aliphatic carbocycles. The Morgan fingerprint density at radius 3 is 2.47 bits per heavy atom. The van der Waals surface area contributed by atoms with E-state index < -0.39 is 16.3 Å². The molecule has 3 aliphatic rings. The van der Waals surface area contributed by atoms with Crippen LogP contribution in [0.15, 0.2) is 0 Å². The maximum atomic E-state index is 13.1. The van der Waals surface area contributed by atoms with Crippen LogP contribution in [0.5, 0.6) is 0 Å². The predicted octanol–water partition coefficient (Wildman–Crippen LogP) is -0.154.